The fourth-order valence-electron chi connectivity index (χ4n) is 3.78. The average molecular weight is 495 g/mol. The standard InChI is InChI=1S/C25H26N4O3S2/c1-3-29-22-15-14-20(34(26,31)32)16-21(22)27-25(29)33-17(2)24(30)28-23(18-10-6-4-7-11-18)19-12-8-5-9-13-19/h4-17,23H,3H2,1-2H3,(H,28,30)(H2,26,31,32). The number of fused-ring (bicyclic) bond motifs is 1. The van der Waals surface area contributed by atoms with Gasteiger partial charge in [0.25, 0.3) is 0 Å². The Hall–Kier alpha value is -3.14. The molecule has 0 aliphatic carbocycles. The number of hydrogen-bond donors (Lipinski definition) is 2. The molecule has 1 amide bonds. The second-order valence-corrected chi connectivity index (χ2v) is 10.7. The maximum atomic E-state index is 13.2. The minimum Gasteiger partial charge on any atom is -0.344 e. The number of carbonyl (C=O) groups excluding carboxylic acids is 1. The summed E-state index contributed by atoms with van der Waals surface area (Å²) in [5.41, 5.74) is 3.30. The second kappa shape index (κ2) is 10.0. The number of imidazole rings is 1. The third-order valence-corrected chi connectivity index (χ3v) is 7.53. The van der Waals surface area contributed by atoms with E-state index in [4.69, 9.17) is 5.14 Å². The van der Waals surface area contributed by atoms with Crippen molar-refractivity contribution in [2.24, 2.45) is 5.14 Å². The van der Waals surface area contributed by atoms with Gasteiger partial charge in [-0.3, -0.25) is 4.79 Å². The van der Waals surface area contributed by atoms with E-state index in [2.05, 4.69) is 10.3 Å². The van der Waals surface area contributed by atoms with Crippen LogP contribution in [0.2, 0.25) is 0 Å². The lowest BCUT2D eigenvalue weighted by Crippen LogP contribution is -2.35. The Balaban J connectivity index is 1.59. The molecule has 0 saturated heterocycles. The van der Waals surface area contributed by atoms with Crippen LogP contribution < -0.4 is 10.5 Å². The zero-order chi connectivity index (χ0) is 24.3. The van der Waals surface area contributed by atoms with Crippen molar-refractivity contribution in [2.45, 2.75) is 41.7 Å². The number of nitrogens with zero attached hydrogens (tertiary/aromatic N) is 2. The number of carbonyl (C=O) groups is 1. The van der Waals surface area contributed by atoms with Crippen LogP contribution in [0.1, 0.15) is 31.0 Å². The van der Waals surface area contributed by atoms with Gasteiger partial charge in [0.15, 0.2) is 5.16 Å². The van der Waals surface area contributed by atoms with Gasteiger partial charge in [-0.25, -0.2) is 18.5 Å². The van der Waals surface area contributed by atoms with Crippen LogP contribution in [-0.4, -0.2) is 29.1 Å². The van der Waals surface area contributed by atoms with Crippen molar-refractivity contribution >= 4 is 38.7 Å². The molecular formula is C25H26N4O3S2. The van der Waals surface area contributed by atoms with E-state index in [1.807, 2.05) is 79.1 Å². The highest BCUT2D eigenvalue weighted by molar-refractivity contribution is 8.00. The van der Waals surface area contributed by atoms with Gasteiger partial charge in [-0.2, -0.15) is 0 Å². The van der Waals surface area contributed by atoms with E-state index in [-0.39, 0.29) is 16.8 Å². The van der Waals surface area contributed by atoms with Crippen LogP contribution in [-0.2, 0) is 21.4 Å². The summed E-state index contributed by atoms with van der Waals surface area (Å²) < 4.78 is 25.4. The number of amides is 1. The molecule has 4 aromatic rings. The van der Waals surface area contributed by atoms with Gasteiger partial charge in [0.2, 0.25) is 15.9 Å². The molecule has 4 rings (SSSR count). The van der Waals surface area contributed by atoms with Crippen molar-refractivity contribution in [3.63, 3.8) is 0 Å². The quantitative estimate of drug-likeness (QED) is 0.359. The van der Waals surface area contributed by atoms with Crippen molar-refractivity contribution in [1.29, 1.82) is 0 Å². The van der Waals surface area contributed by atoms with Crippen molar-refractivity contribution in [3.05, 3.63) is 90.0 Å². The van der Waals surface area contributed by atoms with E-state index in [1.54, 1.807) is 6.07 Å². The van der Waals surface area contributed by atoms with Crippen molar-refractivity contribution in [1.82, 2.24) is 14.9 Å². The molecule has 1 atom stereocenters. The van der Waals surface area contributed by atoms with Gasteiger partial charge in [0.1, 0.15) is 0 Å². The summed E-state index contributed by atoms with van der Waals surface area (Å²) in [7, 11) is -3.83. The Labute approximate surface area is 203 Å². The Morgan fingerprint density at radius 1 is 1.03 bits per heavy atom. The van der Waals surface area contributed by atoms with Crippen LogP contribution in [0, 0.1) is 0 Å². The predicted molar refractivity (Wildman–Crippen MR) is 135 cm³/mol. The van der Waals surface area contributed by atoms with Gasteiger partial charge in [0, 0.05) is 6.54 Å². The van der Waals surface area contributed by atoms with E-state index in [0.29, 0.717) is 17.2 Å². The molecule has 0 saturated carbocycles. The SMILES string of the molecule is CCn1c(SC(C)C(=O)NC(c2ccccc2)c2ccccc2)nc2cc(S(N)(=O)=O)ccc21. The normalized spacial score (nSPS) is 12.7. The number of aromatic nitrogens is 2. The first-order chi connectivity index (χ1) is 16.3. The molecule has 7 nitrogen and oxygen atoms in total. The number of nitrogens with two attached hydrogens (primary N) is 1. The van der Waals surface area contributed by atoms with Gasteiger partial charge in [0.05, 0.1) is 27.2 Å². The minimum atomic E-state index is -3.83. The molecule has 34 heavy (non-hydrogen) atoms. The first-order valence-corrected chi connectivity index (χ1v) is 13.3. The van der Waals surface area contributed by atoms with Crippen molar-refractivity contribution < 1.29 is 13.2 Å². The topological polar surface area (TPSA) is 107 Å². The Bertz CT molecular complexity index is 1360. The van der Waals surface area contributed by atoms with E-state index in [0.717, 1.165) is 16.6 Å². The lowest BCUT2D eigenvalue weighted by atomic mass is 9.98. The third-order valence-electron chi connectivity index (χ3n) is 5.53. The number of sulfonamides is 1. The van der Waals surface area contributed by atoms with Crippen LogP contribution in [0.25, 0.3) is 11.0 Å². The Kier molecular flexibility index (Phi) is 7.06. The Morgan fingerprint density at radius 2 is 1.62 bits per heavy atom. The number of rotatable bonds is 8. The molecule has 0 spiro atoms. The zero-order valence-electron chi connectivity index (χ0n) is 18.9. The molecule has 0 aliphatic heterocycles. The summed E-state index contributed by atoms with van der Waals surface area (Å²) in [5.74, 6) is -0.123. The van der Waals surface area contributed by atoms with Gasteiger partial charge in [-0.1, -0.05) is 72.4 Å². The molecule has 176 valence electrons. The first-order valence-electron chi connectivity index (χ1n) is 10.9. The van der Waals surface area contributed by atoms with E-state index in [9.17, 15) is 13.2 Å². The summed E-state index contributed by atoms with van der Waals surface area (Å²) >= 11 is 1.33. The monoisotopic (exact) mass is 494 g/mol. The van der Waals surface area contributed by atoms with Gasteiger partial charge in [-0.05, 0) is 43.2 Å². The third kappa shape index (κ3) is 5.16. The fourth-order valence-corrected chi connectivity index (χ4v) is 5.31. The predicted octanol–water partition coefficient (Wildman–Crippen LogP) is 4.09. The molecule has 0 fully saturated rings. The van der Waals surface area contributed by atoms with E-state index >= 15 is 0 Å². The molecule has 1 aromatic heterocycles. The van der Waals surface area contributed by atoms with Crippen molar-refractivity contribution in [2.75, 3.05) is 0 Å². The molecule has 0 aliphatic rings. The molecule has 3 N–H and O–H groups in total. The number of aryl methyl sites for hydroxylation is 1. The maximum Gasteiger partial charge on any atom is 0.238 e. The molecule has 9 heteroatoms. The summed E-state index contributed by atoms with van der Waals surface area (Å²) in [6.07, 6.45) is 0. The number of primary sulfonamides is 1. The fraction of sp³-hybridized carbons (Fsp3) is 0.200. The summed E-state index contributed by atoms with van der Waals surface area (Å²) in [5, 5.41) is 8.65. The maximum absolute atomic E-state index is 13.2. The highest BCUT2D eigenvalue weighted by Crippen LogP contribution is 2.30. The largest absolute Gasteiger partial charge is 0.344 e. The van der Waals surface area contributed by atoms with Crippen LogP contribution in [0.5, 0.6) is 0 Å². The van der Waals surface area contributed by atoms with Gasteiger partial charge < -0.3 is 9.88 Å². The number of hydrogen-bond acceptors (Lipinski definition) is 5. The van der Waals surface area contributed by atoms with Crippen LogP contribution in [0.15, 0.2) is 88.9 Å². The highest BCUT2D eigenvalue weighted by atomic mass is 32.2. The zero-order valence-corrected chi connectivity index (χ0v) is 20.5. The molecule has 0 bridgehead atoms. The minimum absolute atomic E-state index is 0.0108. The second-order valence-electron chi connectivity index (χ2n) is 7.86. The highest BCUT2D eigenvalue weighted by Gasteiger charge is 2.23. The summed E-state index contributed by atoms with van der Waals surface area (Å²) in [6, 6.07) is 24.0. The van der Waals surface area contributed by atoms with E-state index in [1.165, 1.54) is 23.9 Å². The molecule has 1 heterocycles. The summed E-state index contributed by atoms with van der Waals surface area (Å²) in [6.45, 7) is 4.44. The van der Waals surface area contributed by atoms with Crippen molar-refractivity contribution in [3.8, 4) is 0 Å². The average Bonchev–Trinajstić information content (AvgIpc) is 3.19. The van der Waals surface area contributed by atoms with E-state index < -0.39 is 15.3 Å². The molecule has 0 radical (unpaired) electrons. The van der Waals surface area contributed by atoms with Gasteiger partial charge in [-0.15, -0.1) is 0 Å². The van der Waals surface area contributed by atoms with Crippen LogP contribution in [0.4, 0.5) is 0 Å². The molecule has 1 unspecified atom stereocenters. The Morgan fingerprint density at radius 3 is 2.15 bits per heavy atom. The number of nitrogens with one attached hydrogen (secondary N) is 1. The number of benzene rings is 3. The lowest BCUT2D eigenvalue weighted by Gasteiger charge is -2.22. The molecular weight excluding hydrogens is 468 g/mol. The van der Waals surface area contributed by atoms with Crippen LogP contribution >= 0.6 is 11.8 Å². The van der Waals surface area contributed by atoms with Crippen LogP contribution in [0.3, 0.4) is 0 Å². The first kappa shape index (κ1) is 24.0. The number of thioether (sulfide) groups is 1. The molecule has 3 aromatic carbocycles. The lowest BCUT2D eigenvalue weighted by molar-refractivity contribution is -0.120. The van der Waals surface area contributed by atoms with Gasteiger partial charge >= 0.3 is 0 Å². The smallest absolute Gasteiger partial charge is 0.238 e. The summed E-state index contributed by atoms with van der Waals surface area (Å²) in [4.78, 5) is 17.9.